The lowest BCUT2D eigenvalue weighted by atomic mass is 9.92. The fourth-order valence-corrected chi connectivity index (χ4v) is 6.82. The first-order chi connectivity index (χ1) is 20.3. The van der Waals surface area contributed by atoms with E-state index in [0.717, 1.165) is 39.3 Å². The van der Waals surface area contributed by atoms with Crippen molar-refractivity contribution in [1.29, 1.82) is 0 Å². The molecule has 6 heteroatoms. The van der Waals surface area contributed by atoms with Crippen LogP contribution in [-0.2, 0) is 13.1 Å². The van der Waals surface area contributed by atoms with Gasteiger partial charge in [0.25, 0.3) is 0 Å². The van der Waals surface area contributed by atoms with Crippen LogP contribution in [-0.4, -0.2) is 26.2 Å². The molecule has 0 radical (unpaired) electrons. The van der Waals surface area contributed by atoms with Gasteiger partial charge in [-0.15, -0.1) is 37.2 Å². The van der Waals surface area contributed by atoms with Crippen molar-refractivity contribution in [1.82, 2.24) is 16.0 Å². The Morgan fingerprint density at radius 3 is 1.05 bits per heavy atom. The Kier molecular flexibility index (Phi) is 9.97. The van der Waals surface area contributed by atoms with Crippen LogP contribution in [0.2, 0.25) is 0 Å². The highest BCUT2D eigenvalue weighted by Gasteiger charge is 2.12. The first-order valence-electron chi connectivity index (χ1n) is 14.8. The van der Waals surface area contributed by atoms with Crippen molar-refractivity contribution in [2.45, 2.75) is 13.1 Å². The third-order valence-electron chi connectivity index (χ3n) is 8.83. The minimum Gasteiger partial charge on any atom is -0.314 e. The standard InChI is InChI=1S/C38H33N3.3ClH/c1-3-25-7-9-29-11-13-31(33-17-15-27(5-1)35(25)37(29)33)23-40-21-19-39-20-22-41-24-32-14-12-30-10-8-26-4-2-6-28-16-18-34(32)38(30)36(26)28;;;/h1-18,39-41H,19-24H2;3*1H. The number of benzene rings is 8. The minimum atomic E-state index is 0. The van der Waals surface area contributed by atoms with Crippen molar-refractivity contribution in [3.8, 4) is 0 Å². The molecule has 0 spiro atoms. The van der Waals surface area contributed by atoms with Gasteiger partial charge in [0.2, 0.25) is 0 Å². The van der Waals surface area contributed by atoms with Crippen molar-refractivity contribution in [2.75, 3.05) is 26.2 Å². The molecule has 0 heterocycles. The molecule has 0 aliphatic rings. The van der Waals surface area contributed by atoms with Gasteiger partial charge in [-0.05, 0) is 75.8 Å². The van der Waals surface area contributed by atoms with Crippen molar-refractivity contribution in [2.24, 2.45) is 0 Å². The Morgan fingerprint density at radius 1 is 0.318 bits per heavy atom. The maximum atomic E-state index is 3.65. The van der Waals surface area contributed by atoms with E-state index in [-0.39, 0.29) is 37.2 Å². The number of halogens is 3. The zero-order valence-electron chi connectivity index (χ0n) is 24.4. The summed E-state index contributed by atoms with van der Waals surface area (Å²) in [5, 5.41) is 27.1. The lowest BCUT2D eigenvalue weighted by Gasteiger charge is -2.15. The normalized spacial score (nSPS) is 11.5. The molecular weight excluding hydrogens is 605 g/mol. The maximum absolute atomic E-state index is 3.65. The summed E-state index contributed by atoms with van der Waals surface area (Å²) in [7, 11) is 0. The first kappa shape index (κ1) is 32.0. The third-order valence-corrected chi connectivity index (χ3v) is 8.83. The van der Waals surface area contributed by atoms with Gasteiger partial charge in [-0.3, -0.25) is 0 Å². The van der Waals surface area contributed by atoms with Crippen molar-refractivity contribution in [3.05, 3.63) is 120 Å². The molecule has 0 fully saturated rings. The summed E-state index contributed by atoms with van der Waals surface area (Å²) in [4.78, 5) is 0. The average molecular weight is 641 g/mol. The molecule has 8 rings (SSSR count). The molecular formula is C38H36Cl3N3. The Morgan fingerprint density at radius 2 is 0.636 bits per heavy atom. The van der Waals surface area contributed by atoms with Crippen LogP contribution >= 0.6 is 37.2 Å². The fourth-order valence-electron chi connectivity index (χ4n) is 6.82. The van der Waals surface area contributed by atoms with Crippen LogP contribution in [0.5, 0.6) is 0 Å². The van der Waals surface area contributed by atoms with Crippen molar-refractivity contribution >= 4 is 102 Å². The predicted octanol–water partition coefficient (Wildman–Crippen LogP) is 9.22. The number of rotatable bonds is 10. The summed E-state index contributed by atoms with van der Waals surface area (Å²) in [5.41, 5.74) is 2.73. The SMILES string of the molecule is Cl.Cl.Cl.c1cc2ccc3ccc(CNCCNCCNCc4ccc5ccc6cccc7ccc4c5c67)c4ccc(c1)c2c34. The Labute approximate surface area is 276 Å². The van der Waals surface area contributed by atoms with E-state index in [1.165, 1.54) is 75.8 Å². The summed E-state index contributed by atoms with van der Waals surface area (Å²) in [5.74, 6) is 0. The van der Waals surface area contributed by atoms with Crippen LogP contribution in [0, 0.1) is 0 Å². The molecule has 8 aromatic carbocycles. The van der Waals surface area contributed by atoms with E-state index in [4.69, 9.17) is 0 Å². The largest absolute Gasteiger partial charge is 0.314 e. The second-order valence-electron chi connectivity index (χ2n) is 11.3. The minimum absolute atomic E-state index is 0. The molecule has 0 atom stereocenters. The molecule has 224 valence electrons. The van der Waals surface area contributed by atoms with E-state index in [1.54, 1.807) is 0 Å². The van der Waals surface area contributed by atoms with Gasteiger partial charge in [-0.1, -0.05) is 109 Å². The number of nitrogens with one attached hydrogen (secondary N) is 3. The smallest absolute Gasteiger partial charge is 0.0212 e. The molecule has 0 aliphatic carbocycles. The molecule has 3 N–H and O–H groups in total. The van der Waals surface area contributed by atoms with E-state index in [1.807, 2.05) is 0 Å². The van der Waals surface area contributed by atoms with Gasteiger partial charge < -0.3 is 16.0 Å². The molecule has 44 heavy (non-hydrogen) atoms. The molecule has 0 unspecified atom stereocenters. The Bertz CT molecular complexity index is 1970. The summed E-state index contributed by atoms with van der Waals surface area (Å²) in [6, 6.07) is 40.4. The van der Waals surface area contributed by atoms with Gasteiger partial charge >= 0.3 is 0 Å². The molecule has 8 aromatic rings. The zero-order valence-corrected chi connectivity index (χ0v) is 26.8. The van der Waals surface area contributed by atoms with Crippen LogP contribution in [0.4, 0.5) is 0 Å². The summed E-state index contributed by atoms with van der Waals surface area (Å²) < 4.78 is 0. The van der Waals surface area contributed by atoms with E-state index in [0.29, 0.717) is 0 Å². The second kappa shape index (κ2) is 13.7. The molecule has 0 saturated carbocycles. The third kappa shape index (κ3) is 5.61. The lowest BCUT2D eigenvalue weighted by molar-refractivity contribution is 0.582. The summed E-state index contributed by atoms with van der Waals surface area (Å²) >= 11 is 0. The second-order valence-corrected chi connectivity index (χ2v) is 11.3. The topological polar surface area (TPSA) is 36.1 Å². The summed E-state index contributed by atoms with van der Waals surface area (Å²) in [6.45, 7) is 5.54. The quantitative estimate of drug-likeness (QED) is 0.103. The molecule has 0 aromatic heterocycles. The zero-order chi connectivity index (χ0) is 27.2. The van der Waals surface area contributed by atoms with Gasteiger partial charge in [0, 0.05) is 39.3 Å². The van der Waals surface area contributed by atoms with Crippen LogP contribution in [0.15, 0.2) is 109 Å². The fraction of sp³-hybridized carbons (Fsp3) is 0.158. The average Bonchev–Trinajstić information content (AvgIpc) is 3.02. The molecule has 0 aliphatic heterocycles. The highest BCUT2D eigenvalue weighted by molar-refractivity contribution is 6.24. The van der Waals surface area contributed by atoms with Crippen molar-refractivity contribution < 1.29 is 0 Å². The Hall–Kier alpha value is -3.41. The maximum Gasteiger partial charge on any atom is 0.0212 e. The number of hydrogen-bond donors (Lipinski definition) is 3. The highest BCUT2D eigenvalue weighted by Crippen LogP contribution is 2.37. The van der Waals surface area contributed by atoms with Crippen LogP contribution < -0.4 is 16.0 Å². The predicted molar refractivity (Wildman–Crippen MR) is 198 cm³/mol. The summed E-state index contributed by atoms with van der Waals surface area (Å²) in [6.07, 6.45) is 0. The van der Waals surface area contributed by atoms with Gasteiger partial charge in [-0.25, -0.2) is 0 Å². The first-order valence-corrected chi connectivity index (χ1v) is 14.8. The van der Waals surface area contributed by atoms with E-state index < -0.39 is 0 Å². The van der Waals surface area contributed by atoms with Gasteiger partial charge in [0.15, 0.2) is 0 Å². The van der Waals surface area contributed by atoms with Crippen LogP contribution in [0.25, 0.3) is 64.6 Å². The molecule has 0 saturated heterocycles. The molecule has 0 amide bonds. The van der Waals surface area contributed by atoms with E-state index >= 15 is 0 Å². The van der Waals surface area contributed by atoms with E-state index in [9.17, 15) is 0 Å². The lowest BCUT2D eigenvalue weighted by Crippen LogP contribution is -2.32. The van der Waals surface area contributed by atoms with Crippen LogP contribution in [0.3, 0.4) is 0 Å². The van der Waals surface area contributed by atoms with Gasteiger partial charge in [0.05, 0.1) is 0 Å². The van der Waals surface area contributed by atoms with Crippen LogP contribution in [0.1, 0.15) is 11.1 Å². The molecule has 3 nitrogen and oxygen atoms in total. The highest BCUT2D eigenvalue weighted by atomic mass is 35.5. The molecule has 0 bridgehead atoms. The van der Waals surface area contributed by atoms with Gasteiger partial charge in [-0.2, -0.15) is 0 Å². The number of hydrogen-bond acceptors (Lipinski definition) is 3. The van der Waals surface area contributed by atoms with Crippen molar-refractivity contribution in [3.63, 3.8) is 0 Å². The monoisotopic (exact) mass is 639 g/mol. The van der Waals surface area contributed by atoms with Gasteiger partial charge in [0.1, 0.15) is 0 Å². The van der Waals surface area contributed by atoms with E-state index in [2.05, 4.69) is 125 Å². The Balaban J connectivity index is 0.00000128.